The molecule has 0 saturated carbocycles. The smallest absolute Gasteiger partial charge is 0.393 e. The van der Waals surface area contributed by atoms with E-state index in [1.165, 1.54) is 4.90 Å². The van der Waals surface area contributed by atoms with Crippen LogP contribution in [0, 0.1) is 0 Å². The number of halogens is 3. The molecule has 0 bridgehead atoms. The van der Waals surface area contributed by atoms with Crippen molar-refractivity contribution in [1.29, 1.82) is 0 Å². The molecule has 3 N–H and O–H groups in total. The second-order valence-electron chi connectivity index (χ2n) is 3.90. The zero-order chi connectivity index (χ0) is 11.5. The second-order valence-corrected chi connectivity index (χ2v) is 3.90. The molecule has 0 spiro atoms. The maximum Gasteiger partial charge on any atom is 0.404 e. The summed E-state index contributed by atoms with van der Waals surface area (Å²) in [5.41, 5.74) is 5.18. The first-order valence-electron chi connectivity index (χ1n) is 5.14. The molecule has 1 fully saturated rings. The fourth-order valence-corrected chi connectivity index (χ4v) is 1.91. The molecule has 0 aliphatic carbocycles. The van der Waals surface area contributed by atoms with Gasteiger partial charge in [0.2, 0.25) is 0 Å². The van der Waals surface area contributed by atoms with Crippen molar-refractivity contribution >= 4 is 0 Å². The van der Waals surface area contributed by atoms with Crippen LogP contribution < -0.4 is 5.73 Å². The fourth-order valence-electron chi connectivity index (χ4n) is 1.91. The average Bonchev–Trinajstić information content (AvgIpc) is 2.14. The molecule has 0 radical (unpaired) electrons. The molecule has 1 unspecified atom stereocenters. The minimum Gasteiger partial charge on any atom is -0.393 e. The third kappa shape index (κ3) is 3.62. The summed E-state index contributed by atoms with van der Waals surface area (Å²) in [5, 5.41) is 9.21. The van der Waals surface area contributed by atoms with Gasteiger partial charge < -0.3 is 10.8 Å². The van der Waals surface area contributed by atoms with Crippen molar-refractivity contribution in [3.8, 4) is 0 Å². The summed E-state index contributed by atoms with van der Waals surface area (Å²) < 4.78 is 37.9. The Balaban J connectivity index is 2.56. The van der Waals surface area contributed by atoms with E-state index in [0.29, 0.717) is 25.9 Å². The molecule has 0 aromatic carbocycles. The van der Waals surface area contributed by atoms with Crippen LogP contribution in [0.25, 0.3) is 0 Å². The van der Waals surface area contributed by atoms with Crippen LogP contribution in [0.15, 0.2) is 0 Å². The molecule has 1 aliphatic rings. The molecule has 1 heterocycles. The molecular formula is C9H17F3N2O. The number of likely N-dealkylation sites (tertiary alicyclic amines) is 1. The number of aliphatic hydroxyl groups is 1. The molecule has 90 valence electrons. The number of piperidine rings is 1. The Morgan fingerprint density at radius 2 is 1.87 bits per heavy atom. The first-order chi connectivity index (χ1) is 6.95. The number of nitrogens with zero attached hydrogens (tertiary/aromatic N) is 1. The fraction of sp³-hybridized carbons (Fsp3) is 1.00. The summed E-state index contributed by atoms with van der Waals surface area (Å²) in [6.07, 6.45) is -3.91. The highest BCUT2D eigenvalue weighted by Crippen LogP contribution is 2.29. The van der Waals surface area contributed by atoms with Crippen LogP contribution in [0.4, 0.5) is 13.2 Å². The van der Waals surface area contributed by atoms with Gasteiger partial charge in [-0.15, -0.1) is 0 Å². The van der Waals surface area contributed by atoms with Crippen molar-refractivity contribution in [2.45, 2.75) is 37.6 Å². The normalized spacial score (nSPS) is 23.0. The number of hydrogen-bond donors (Lipinski definition) is 2. The Morgan fingerprint density at radius 1 is 1.33 bits per heavy atom. The summed E-state index contributed by atoms with van der Waals surface area (Å²) in [6.45, 7) is 0.625. The van der Waals surface area contributed by atoms with Crippen molar-refractivity contribution in [2.24, 2.45) is 5.73 Å². The van der Waals surface area contributed by atoms with Crippen molar-refractivity contribution < 1.29 is 18.3 Å². The highest BCUT2D eigenvalue weighted by atomic mass is 19.4. The SMILES string of the molecule is NCCC(N1CCC(O)CC1)C(F)(F)F. The number of alkyl halides is 3. The standard InChI is InChI=1S/C9H17F3N2O/c10-9(11,12)8(1-4-13)14-5-2-7(15)3-6-14/h7-8,15H,1-6,13H2. The summed E-state index contributed by atoms with van der Waals surface area (Å²) in [6, 6.07) is -1.45. The van der Waals surface area contributed by atoms with Gasteiger partial charge in [0.25, 0.3) is 0 Å². The van der Waals surface area contributed by atoms with Crippen LogP contribution >= 0.6 is 0 Å². The monoisotopic (exact) mass is 226 g/mol. The third-order valence-corrected chi connectivity index (χ3v) is 2.76. The lowest BCUT2D eigenvalue weighted by Gasteiger charge is -2.36. The van der Waals surface area contributed by atoms with E-state index in [-0.39, 0.29) is 13.0 Å². The maximum absolute atomic E-state index is 12.6. The molecular weight excluding hydrogens is 209 g/mol. The zero-order valence-corrected chi connectivity index (χ0v) is 8.50. The van der Waals surface area contributed by atoms with E-state index in [2.05, 4.69) is 0 Å². The van der Waals surface area contributed by atoms with Crippen LogP contribution in [0.5, 0.6) is 0 Å². The molecule has 1 aliphatic heterocycles. The molecule has 3 nitrogen and oxygen atoms in total. The van der Waals surface area contributed by atoms with Gasteiger partial charge in [-0.1, -0.05) is 0 Å². The Bertz CT molecular complexity index is 190. The molecule has 6 heteroatoms. The molecule has 0 aromatic rings. The number of aliphatic hydroxyl groups excluding tert-OH is 1. The van der Waals surface area contributed by atoms with Gasteiger partial charge in [-0.25, -0.2) is 0 Å². The van der Waals surface area contributed by atoms with Crippen molar-refractivity contribution in [3.05, 3.63) is 0 Å². The van der Waals surface area contributed by atoms with Gasteiger partial charge in [0, 0.05) is 13.1 Å². The van der Waals surface area contributed by atoms with Crippen LogP contribution in [-0.4, -0.2) is 48.0 Å². The second kappa shape index (κ2) is 5.14. The summed E-state index contributed by atoms with van der Waals surface area (Å²) in [4.78, 5) is 1.37. The Labute approximate surface area is 87.0 Å². The molecule has 1 atom stereocenters. The van der Waals surface area contributed by atoms with E-state index in [0.717, 1.165) is 0 Å². The van der Waals surface area contributed by atoms with Crippen LogP contribution in [0.1, 0.15) is 19.3 Å². The first kappa shape index (κ1) is 12.7. The van der Waals surface area contributed by atoms with Crippen LogP contribution in [0.2, 0.25) is 0 Å². The molecule has 0 amide bonds. The number of hydrogen-bond acceptors (Lipinski definition) is 3. The van der Waals surface area contributed by atoms with Crippen molar-refractivity contribution in [1.82, 2.24) is 4.90 Å². The van der Waals surface area contributed by atoms with Gasteiger partial charge in [0.1, 0.15) is 6.04 Å². The Hall–Kier alpha value is -0.330. The predicted octanol–water partition coefficient (Wildman–Crippen LogP) is 0.723. The summed E-state index contributed by atoms with van der Waals surface area (Å²) >= 11 is 0. The minimum absolute atomic E-state index is 0.0310. The van der Waals surface area contributed by atoms with Crippen molar-refractivity contribution in [3.63, 3.8) is 0 Å². The number of rotatable bonds is 3. The largest absolute Gasteiger partial charge is 0.404 e. The molecule has 1 rings (SSSR count). The quantitative estimate of drug-likeness (QED) is 0.745. The van der Waals surface area contributed by atoms with Gasteiger partial charge in [0.05, 0.1) is 6.10 Å². The molecule has 1 saturated heterocycles. The number of nitrogens with two attached hydrogens (primary N) is 1. The minimum atomic E-state index is -4.22. The maximum atomic E-state index is 12.6. The summed E-state index contributed by atoms with van der Waals surface area (Å²) in [5.74, 6) is 0. The predicted molar refractivity (Wildman–Crippen MR) is 50.3 cm³/mol. The van der Waals surface area contributed by atoms with Crippen LogP contribution in [0.3, 0.4) is 0 Å². The van der Waals surface area contributed by atoms with E-state index in [1.807, 2.05) is 0 Å². The zero-order valence-electron chi connectivity index (χ0n) is 8.50. The third-order valence-electron chi connectivity index (χ3n) is 2.76. The lowest BCUT2D eigenvalue weighted by molar-refractivity contribution is -0.189. The Morgan fingerprint density at radius 3 is 2.27 bits per heavy atom. The van der Waals surface area contributed by atoms with E-state index < -0.39 is 18.3 Å². The lowest BCUT2D eigenvalue weighted by atomic mass is 10.0. The van der Waals surface area contributed by atoms with Gasteiger partial charge in [0.15, 0.2) is 0 Å². The highest BCUT2D eigenvalue weighted by molar-refractivity contribution is 4.83. The van der Waals surface area contributed by atoms with Gasteiger partial charge in [-0.05, 0) is 25.8 Å². The van der Waals surface area contributed by atoms with E-state index in [4.69, 9.17) is 5.73 Å². The summed E-state index contributed by atoms with van der Waals surface area (Å²) in [7, 11) is 0. The van der Waals surface area contributed by atoms with Gasteiger partial charge >= 0.3 is 6.18 Å². The average molecular weight is 226 g/mol. The van der Waals surface area contributed by atoms with Gasteiger partial charge in [-0.3, -0.25) is 4.90 Å². The first-order valence-corrected chi connectivity index (χ1v) is 5.14. The topological polar surface area (TPSA) is 49.5 Å². The Kier molecular flexibility index (Phi) is 4.36. The highest BCUT2D eigenvalue weighted by Gasteiger charge is 2.43. The van der Waals surface area contributed by atoms with Crippen LogP contribution in [-0.2, 0) is 0 Å². The van der Waals surface area contributed by atoms with Gasteiger partial charge in [-0.2, -0.15) is 13.2 Å². The van der Waals surface area contributed by atoms with E-state index in [9.17, 15) is 18.3 Å². The van der Waals surface area contributed by atoms with E-state index >= 15 is 0 Å². The lowest BCUT2D eigenvalue weighted by Crippen LogP contribution is -2.50. The van der Waals surface area contributed by atoms with Crippen molar-refractivity contribution in [2.75, 3.05) is 19.6 Å². The molecule has 15 heavy (non-hydrogen) atoms. The van der Waals surface area contributed by atoms with E-state index in [1.54, 1.807) is 0 Å². The molecule has 0 aromatic heterocycles.